The molecule has 104 valence electrons. The van der Waals surface area contributed by atoms with Crippen LogP contribution in [0.25, 0.3) is 0 Å². The Labute approximate surface area is 116 Å². The molecule has 0 radical (unpaired) electrons. The molecule has 7 heteroatoms. The van der Waals surface area contributed by atoms with Crippen molar-refractivity contribution in [2.75, 3.05) is 13.6 Å². The van der Waals surface area contributed by atoms with Gasteiger partial charge in [-0.2, -0.15) is 0 Å². The second-order valence-electron chi connectivity index (χ2n) is 3.97. The Morgan fingerprint density at radius 3 is 2.89 bits per heavy atom. The molecular formula is C12H16N2O3S2. The van der Waals surface area contributed by atoms with Crippen LogP contribution in [-0.2, 0) is 23.0 Å². The monoisotopic (exact) mass is 300 g/mol. The van der Waals surface area contributed by atoms with E-state index in [-0.39, 0.29) is 0 Å². The Morgan fingerprint density at radius 1 is 1.37 bits per heavy atom. The van der Waals surface area contributed by atoms with Gasteiger partial charge in [-0.25, -0.2) is 13.1 Å². The molecule has 0 aliphatic heterocycles. The van der Waals surface area contributed by atoms with Crippen molar-refractivity contribution in [1.82, 2.24) is 10.0 Å². The number of nitrogens with one attached hydrogen (secondary N) is 2. The molecule has 2 aromatic rings. The highest BCUT2D eigenvalue weighted by Gasteiger charge is 2.18. The molecule has 0 bridgehead atoms. The molecule has 0 aliphatic rings. The fourth-order valence-corrected chi connectivity index (χ4v) is 4.18. The first-order chi connectivity index (χ1) is 9.13. The van der Waals surface area contributed by atoms with Crippen molar-refractivity contribution in [2.45, 2.75) is 17.9 Å². The van der Waals surface area contributed by atoms with Gasteiger partial charge in [-0.1, -0.05) is 0 Å². The lowest BCUT2D eigenvalue weighted by molar-refractivity contribution is 0.506. The average Bonchev–Trinajstić information content (AvgIpc) is 3.00. The van der Waals surface area contributed by atoms with Gasteiger partial charge in [0.05, 0.1) is 11.2 Å². The topological polar surface area (TPSA) is 71.3 Å². The van der Waals surface area contributed by atoms with Gasteiger partial charge in [-0.05, 0) is 30.6 Å². The lowest BCUT2D eigenvalue weighted by Gasteiger charge is -2.06. The third-order valence-corrected chi connectivity index (χ3v) is 5.17. The Kier molecular flexibility index (Phi) is 4.76. The van der Waals surface area contributed by atoms with Crippen LogP contribution in [0.1, 0.15) is 10.6 Å². The zero-order valence-corrected chi connectivity index (χ0v) is 12.2. The molecule has 0 aliphatic carbocycles. The van der Waals surface area contributed by atoms with Crippen LogP contribution in [0.3, 0.4) is 0 Å². The van der Waals surface area contributed by atoms with Crippen LogP contribution in [0.15, 0.2) is 39.2 Å². The highest BCUT2D eigenvalue weighted by molar-refractivity contribution is 7.89. The first-order valence-corrected chi connectivity index (χ1v) is 8.23. The number of thiophene rings is 1. The molecule has 0 aromatic carbocycles. The van der Waals surface area contributed by atoms with Gasteiger partial charge in [0.15, 0.2) is 0 Å². The van der Waals surface area contributed by atoms with Crippen LogP contribution in [-0.4, -0.2) is 22.0 Å². The Bertz CT molecular complexity index is 603. The van der Waals surface area contributed by atoms with Crippen LogP contribution < -0.4 is 10.0 Å². The summed E-state index contributed by atoms with van der Waals surface area (Å²) in [6, 6.07) is 5.24. The van der Waals surface area contributed by atoms with E-state index in [1.54, 1.807) is 30.8 Å². The largest absolute Gasteiger partial charge is 0.469 e. The molecule has 2 aromatic heterocycles. The number of sulfonamides is 1. The summed E-state index contributed by atoms with van der Waals surface area (Å²) >= 11 is 1.43. The Morgan fingerprint density at radius 2 is 2.21 bits per heavy atom. The minimum absolute atomic E-state index is 0.324. The first-order valence-electron chi connectivity index (χ1n) is 5.86. The van der Waals surface area contributed by atoms with E-state index in [1.165, 1.54) is 11.3 Å². The van der Waals surface area contributed by atoms with E-state index < -0.39 is 10.0 Å². The standard InChI is InChI=1S/C12H16N2O3S2/c1-13-9-11-12(5-8-18-11)19(15,16)14-6-4-10-3-2-7-17-10/h2-3,5,7-8,13-14H,4,6,9H2,1H3. The van der Waals surface area contributed by atoms with Crippen molar-refractivity contribution in [3.63, 3.8) is 0 Å². The summed E-state index contributed by atoms with van der Waals surface area (Å²) in [5.41, 5.74) is 0. The van der Waals surface area contributed by atoms with E-state index in [2.05, 4.69) is 10.0 Å². The van der Waals surface area contributed by atoms with Crippen molar-refractivity contribution in [3.8, 4) is 0 Å². The second kappa shape index (κ2) is 6.33. The van der Waals surface area contributed by atoms with Gasteiger partial charge >= 0.3 is 0 Å². The van der Waals surface area contributed by atoms with Gasteiger partial charge in [0, 0.05) is 24.4 Å². The SMILES string of the molecule is CNCc1sccc1S(=O)(=O)NCCc1ccco1. The molecule has 2 N–H and O–H groups in total. The van der Waals surface area contributed by atoms with Gasteiger partial charge in [0.2, 0.25) is 10.0 Å². The quantitative estimate of drug-likeness (QED) is 0.814. The molecule has 2 rings (SSSR count). The van der Waals surface area contributed by atoms with E-state index in [9.17, 15) is 8.42 Å². The number of furan rings is 1. The molecule has 0 saturated carbocycles. The maximum atomic E-state index is 12.2. The third-order valence-electron chi connectivity index (χ3n) is 2.57. The molecule has 2 heterocycles. The molecule has 19 heavy (non-hydrogen) atoms. The van der Waals surface area contributed by atoms with Crippen molar-refractivity contribution in [1.29, 1.82) is 0 Å². The summed E-state index contributed by atoms with van der Waals surface area (Å²) in [7, 11) is -1.65. The molecule has 0 saturated heterocycles. The predicted molar refractivity (Wildman–Crippen MR) is 74.7 cm³/mol. The minimum atomic E-state index is -3.44. The highest BCUT2D eigenvalue weighted by atomic mass is 32.2. The number of rotatable bonds is 7. The molecule has 0 amide bonds. The zero-order valence-electron chi connectivity index (χ0n) is 10.5. The summed E-state index contributed by atoms with van der Waals surface area (Å²) in [6.45, 7) is 0.872. The summed E-state index contributed by atoms with van der Waals surface area (Å²) < 4.78 is 32.1. The lowest BCUT2D eigenvalue weighted by Crippen LogP contribution is -2.26. The van der Waals surface area contributed by atoms with Crippen molar-refractivity contribution in [3.05, 3.63) is 40.5 Å². The molecule has 0 atom stereocenters. The highest BCUT2D eigenvalue weighted by Crippen LogP contribution is 2.21. The number of hydrogen-bond acceptors (Lipinski definition) is 5. The van der Waals surface area contributed by atoms with Crippen LogP contribution in [0.4, 0.5) is 0 Å². The molecule has 5 nitrogen and oxygen atoms in total. The van der Waals surface area contributed by atoms with Crippen LogP contribution in [0.2, 0.25) is 0 Å². The van der Waals surface area contributed by atoms with Crippen LogP contribution in [0.5, 0.6) is 0 Å². The normalized spacial score (nSPS) is 11.8. The van der Waals surface area contributed by atoms with Crippen LogP contribution in [0, 0.1) is 0 Å². The first kappa shape index (κ1) is 14.3. The molecule has 0 spiro atoms. The van der Waals surface area contributed by atoms with Crippen molar-refractivity contribution < 1.29 is 12.8 Å². The predicted octanol–water partition coefficient (Wildman–Crippen LogP) is 1.58. The molecular weight excluding hydrogens is 284 g/mol. The van der Waals surface area contributed by atoms with Gasteiger partial charge in [-0.3, -0.25) is 0 Å². The fourth-order valence-electron chi connectivity index (χ4n) is 1.70. The van der Waals surface area contributed by atoms with Crippen LogP contribution >= 0.6 is 11.3 Å². The van der Waals surface area contributed by atoms with Gasteiger partial charge in [0.25, 0.3) is 0 Å². The third kappa shape index (κ3) is 3.66. The summed E-state index contributed by atoms with van der Waals surface area (Å²) in [6.07, 6.45) is 2.12. The Hall–Kier alpha value is -1.15. The van der Waals surface area contributed by atoms with Gasteiger partial charge in [0.1, 0.15) is 5.76 Å². The van der Waals surface area contributed by atoms with E-state index in [0.29, 0.717) is 24.4 Å². The molecule has 0 unspecified atom stereocenters. The zero-order chi connectivity index (χ0) is 13.7. The second-order valence-corrected chi connectivity index (χ2v) is 6.70. The maximum Gasteiger partial charge on any atom is 0.241 e. The summed E-state index contributed by atoms with van der Waals surface area (Å²) in [5.74, 6) is 0.767. The van der Waals surface area contributed by atoms with E-state index in [1.807, 2.05) is 6.07 Å². The minimum Gasteiger partial charge on any atom is -0.469 e. The van der Waals surface area contributed by atoms with E-state index in [0.717, 1.165) is 10.6 Å². The average molecular weight is 300 g/mol. The Balaban J connectivity index is 1.99. The smallest absolute Gasteiger partial charge is 0.241 e. The molecule has 0 fully saturated rings. The van der Waals surface area contributed by atoms with E-state index in [4.69, 9.17) is 4.42 Å². The van der Waals surface area contributed by atoms with Crippen molar-refractivity contribution in [2.24, 2.45) is 0 Å². The lowest BCUT2D eigenvalue weighted by atomic mass is 10.3. The van der Waals surface area contributed by atoms with E-state index >= 15 is 0 Å². The van der Waals surface area contributed by atoms with Gasteiger partial charge < -0.3 is 9.73 Å². The van der Waals surface area contributed by atoms with Gasteiger partial charge in [-0.15, -0.1) is 11.3 Å². The van der Waals surface area contributed by atoms with Crippen molar-refractivity contribution >= 4 is 21.4 Å². The summed E-state index contributed by atoms with van der Waals surface area (Å²) in [5, 5.41) is 4.75. The fraction of sp³-hybridized carbons (Fsp3) is 0.333. The number of hydrogen-bond donors (Lipinski definition) is 2. The summed E-state index contributed by atoms with van der Waals surface area (Å²) in [4.78, 5) is 1.17. The maximum absolute atomic E-state index is 12.2.